The van der Waals surface area contributed by atoms with Gasteiger partial charge in [0.15, 0.2) is 0 Å². The van der Waals surface area contributed by atoms with Crippen molar-refractivity contribution in [2.75, 3.05) is 0 Å². The Labute approximate surface area is 151 Å². The van der Waals surface area contributed by atoms with E-state index < -0.39 is 30.5 Å². The summed E-state index contributed by atoms with van der Waals surface area (Å²) in [6, 6.07) is 4.12. The molecule has 1 saturated carbocycles. The molecule has 2 aromatic rings. The number of alkyl halides is 3. The first kappa shape index (κ1) is 18.4. The van der Waals surface area contributed by atoms with Gasteiger partial charge < -0.3 is 10.4 Å². The third-order valence-electron chi connectivity index (χ3n) is 4.07. The summed E-state index contributed by atoms with van der Waals surface area (Å²) >= 11 is 5.95. The molecule has 9 heteroatoms. The number of halogens is 4. The summed E-state index contributed by atoms with van der Waals surface area (Å²) in [5, 5.41) is 11.6. The monoisotopic (exact) mass is 386 g/mol. The van der Waals surface area contributed by atoms with E-state index >= 15 is 0 Å². The molecule has 0 radical (unpaired) electrons. The molecular weight excluding hydrogens is 373 g/mol. The van der Waals surface area contributed by atoms with Crippen LogP contribution >= 0.6 is 11.6 Å². The number of benzene rings is 1. The maximum atomic E-state index is 12.6. The van der Waals surface area contributed by atoms with E-state index in [4.69, 9.17) is 16.7 Å². The van der Waals surface area contributed by atoms with Crippen LogP contribution in [0, 0.1) is 0 Å². The van der Waals surface area contributed by atoms with Gasteiger partial charge in [-0.2, -0.15) is 13.2 Å². The highest BCUT2D eigenvalue weighted by atomic mass is 35.5. The Kier molecular flexibility index (Phi) is 4.79. The molecule has 1 aromatic heterocycles. The lowest BCUT2D eigenvalue weighted by atomic mass is 10.0. The Balaban J connectivity index is 1.98. The largest absolute Gasteiger partial charge is 0.480 e. The van der Waals surface area contributed by atoms with Crippen molar-refractivity contribution < 1.29 is 27.9 Å². The molecule has 2 N–H and O–H groups in total. The lowest BCUT2D eigenvalue weighted by molar-refractivity contribution is -0.157. The SMILES string of the molecule is O=C(NC(CC(F)(F)F)C(=O)O)c1cc(C2CC2)nc2ccc(Cl)cc12. The van der Waals surface area contributed by atoms with E-state index in [-0.39, 0.29) is 11.5 Å². The number of aromatic nitrogens is 1. The summed E-state index contributed by atoms with van der Waals surface area (Å²) in [4.78, 5) is 28.1. The first-order valence-electron chi connectivity index (χ1n) is 7.84. The first-order chi connectivity index (χ1) is 12.1. The van der Waals surface area contributed by atoms with Crippen molar-refractivity contribution in [3.8, 4) is 0 Å². The number of nitrogens with zero attached hydrogens (tertiary/aromatic N) is 1. The Bertz CT molecular complexity index is 881. The van der Waals surface area contributed by atoms with Crippen molar-refractivity contribution in [2.45, 2.75) is 37.4 Å². The van der Waals surface area contributed by atoms with Crippen LogP contribution in [-0.4, -0.2) is 34.2 Å². The molecule has 1 fully saturated rings. The summed E-state index contributed by atoms with van der Waals surface area (Å²) in [5.74, 6) is -2.46. The summed E-state index contributed by atoms with van der Waals surface area (Å²) in [5.41, 5.74) is 1.20. The summed E-state index contributed by atoms with van der Waals surface area (Å²) < 4.78 is 37.7. The number of nitrogens with one attached hydrogen (secondary N) is 1. The molecule has 1 aromatic carbocycles. The second-order valence-electron chi connectivity index (χ2n) is 6.21. The average molecular weight is 387 g/mol. The Morgan fingerprint density at radius 2 is 2.00 bits per heavy atom. The molecule has 0 saturated heterocycles. The highest BCUT2D eigenvalue weighted by Gasteiger charge is 2.37. The molecule has 1 unspecified atom stereocenters. The molecule has 0 bridgehead atoms. The van der Waals surface area contributed by atoms with Gasteiger partial charge in [-0.3, -0.25) is 9.78 Å². The predicted molar refractivity (Wildman–Crippen MR) is 88.3 cm³/mol. The van der Waals surface area contributed by atoms with Crippen molar-refractivity contribution >= 4 is 34.4 Å². The molecule has 5 nitrogen and oxygen atoms in total. The van der Waals surface area contributed by atoms with Gasteiger partial charge in [0.1, 0.15) is 6.04 Å². The van der Waals surface area contributed by atoms with Crippen molar-refractivity contribution in [3.63, 3.8) is 0 Å². The third-order valence-corrected chi connectivity index (χ3v) is 4.30. The van der Waals surface area contributed by atoms with E-state index in [1.54, 1.807) is 12.1 Å². The number of carbonyl (C=O) groups is 2. The number of hydrogen-bond acceptors (Lipinski definition) is 3. The van der Waals surface area contributed by atoms with E-state index in [1.807, 2.05) is 5.32 Å². The van der Waals surface area contributed by atoms with Crippen LogP contribution in [-0.2, 0) is 4.79 Å². The van der Waals surface area contributed by atoms with Crippen LogP contribution in [0.15, 0.2) is 24.3 Å². The highest BCUT2D eigenvalue weighted by Crippen LogP contribution is 2.40. The maximum absolute atomic E-state index is 12.6. The zero-order chi connectivity index (χ0) is 19.1. The minimum Gasteiger partial charge on any atom is -0.480 e. The Morgan fingerprint density at radius 1 is 1.31 bits per heavy atom. The van der Waals surface area contributed by atoms with Gasteiger partial charge in [0.2, 0.25) is 0 Å². The van der Waals surface area contributed by atoms with Crippen LogP contribution < -0.4 is 5.32 Å². The van der Waals surface area contributed by atoms with E-state index in [0.717, 1.165) is 12.8 Å². The molecule has 1 atom stereocenters. The number of pyridine rings is 1. The lowest BCUT2D eigenvalue weighted by Crippen LogP contribution is -2.43. The van der Waals surface area contributed by atoms with Gasteiger partial charge in [0, 0.05) is 22.0 Å². The molecule has 138 valence electrons. The molecule has 0 spiro atoms. The summed E-state index contributed by atoms with van der Waals surface area (Å²) in [6.07, 6.45) is -4.55. The lowest BCUT2D eigenvalue weighted by Gasteiger charge is -2.17. The topological polar surface area (TPSA) is 79.3 Å². The van der Waals surface area contributed by atoms with Gasteiger partial charge in [0.05, 0.1) is 17.5 Å². The predicted octanol–water partition coefficient (Wildman–Crippen LogP) is 3.90. The number of amides is 1. The molecule has 1 amide bonds. The van der Waals surface area contributed by atoms with Crippen molar-refractivity contribution in [2.24, 2.45) is 0 Å². The van der Waals surface area contributed by atoms with Gasteiger partial charge in [0.25, 0.3) is 5.91 Å². The Hall–Kier alpha value is -2.35. The number of aliphatic carboxylic acids is 1. The number of carboxylic acids is 1. The fourth-order valence-corrected chi connectivity index (χ4v) is 2.83. The maximum Gasteiger partial charge on any atom is 0.391 e. The van der Waals surface area contributed by atoms with E-state index in [1.165, 1.54) is 12.1 Å². The molecule has 26 heavy (non-hydrogen) atoms. The van der Waals surface area contributed by atoms with E-state index in [0.29, 0.717) is 21.6 Å². The second kappa shape index (κ2) is 6.75. The quantitative estimate of drug-likeness (QED) is 0.816. The summed E-state index contributed by atoms with van der Waals surface area (Å²) in [7, 11) is 0. The van der Waals surface area contributed by atoms with Gasteiger partial charge in [-0.15, -0.1) is 0 Å². The normalized spacial score (nSPS) is 15.7. The standard InChI is InChI=1S/C17H14ClF3N2O3/c18-9-3-4-12-10(5-9)11(6-13(22-12)8-1-2-8)15(24)23-14(16(25)26)7-17(19,20)21/h3-6,8,14H,1-2,7H2,(H,23,24)(H,25,26). The van der Waals surface area contributed by atoms with Crippen LogP contribution in [0.5, 0.6) is 0 Å². The minimum absolute atomic E-state index is 0.0628. The third kappa shape index (κ3) is 4.24. The van der Waals surface area contributed by atoms with Crippen molar-refractivity contribution in [1.82, 2.24) is 10.3 Å². The zero-order valence-corrected chi connectivity index (χ0v) is 14.1. The van der Waals surface area contributed by atoms with Crippen molar-refractivity contribution in [1.29, 1.82) is 0 Å². The second-order valence-corrected chi connectivity index (χ2v) is 6.65. The number of carboxylic acid groups (broad SMARTS) is 1. The fraction of sp³-hybridized carbons (Fsp3) is 0.353. The minimum atomic E-state index is -4.72. The van der Waals surface area contributed by atoms with Crippen LogP contribution in [0.1, 0.15) is 41.2 Å². The average Bonchev–Trinajstić information content (AvgIpc) is 3.36. The molecular formula is C17H14ClF3N2O3. The van der Waals surface area contributed by atoms with E-state index in [2.05, 4.69) is 4.98 Å². The van der Waals surface area contributed by atoms with Gasteiger partial charge in [-0.25, -0.2) is 4.79 Å². The number of rotatable bonds is 5. The highest BCUT2D eigenvalue weighted by molar-refractivity contribution is 6.31. The van der Waals surface area contributed by atoms with E-state index in [9.17, 15) is 22.8 Å². The molecule has 1 aliphatic rings. The smallest absolute Gasteiger partial charge is 0.391 e. The summed E-state index contributed by atoms with van der Waals surface area (Å²) in [6.45, 7) is 0. The molecule has 0 aliphatic heterocycles. The van der Waals surface area contributed by atoms with Gasteiger partial charge in [-0.1, -0.05) is 11.6 Å². The van der Waals surface area contributed by atoms with Gasteiger partial charge >= 0.3 is 12.1 Å². The first-order valence-corrected chi connectivity index (χ1v) is 8.22. The molecule has 1 heterocycles. The number of carbonyl (C=O) groups excluding carboxylic acids is 1. The Morgan fingerprint density at radius 3 is 2.58 bits per heavy atom. The van der Waals surface area contributed by atoms with Gasteiger partial charge in [-0.05, 0) is 37.1 Å². The molecule has 3 rings (SSSR count). The molecule has 1 aliphatic carbocycles. The van der Waals surface area contributed by atoms with Crippen LogP contribution in [0.2, 0.25) is 5.02 Å². The van der Waals surface area contributed by atoms with Crippen molar-refractivity contribution in [3.05, 3.63) is 40.5 Å². The van der Waals surface area contributed by atoms with Crippen LogP contribution in [0.4, 0.5) is 13.2 Å². The van der Waals surface area contributed by atoms with Crippen LogP contribution in [0.25, 0.3) is 10.9 Å². The van der Waals surface area contributed by atoms with Crippen LogP contribution in [0.3, 0.4) is 0 Å². The number of fused-ring (bicyclic) bond motifs is 1. The number of hydrogen-bond donors (Lipinski definition) is 2. The fourth-order valence-electron chi connectivity index (χ4n) is 2.66. The zero-order valence-electron chi connectivity index (χ0n) is 13.3.